The van der Waals surface area contributed by atoms with E-state index < -0.39 is 16.4 Å². The van der Waals surface area contributed by atoms with Crippen molar-refractivity contribution in [3.63, 3.8) is 0 Å². The SMILES string of the molecule is Cc1nc(-c2cccc(NC(=O)c3cc(=O)[nH]c4ccc([N+](=O)[O-])cc34)c2)n[nH]1. The van der Waals surface area contributed by atoms with E-state index >= 15 is 0 Å². The van der Waals surface area contributed by atoms with Crippen LogP contribution in [0, 0.1) is 17.0 Å². The summed E-state index contributed by atoms with van der Waals surface area (Å²) in [7, 11) is 0. The molecule has 0 unspecified atom stereocenters. The summed E-state index contributed by atoms with van der Waals surface area (Å²) in [5, 5.41) is 20.9. The van der Waals surface area contributed by atoms with Gasteiger partial charge in [0, 0.05) is 40.4 Å². The number of benzene rings is 2. The van der Waals surface area contributed by atoms with Crippen LogP contribution < -0.4 is 10.9 Å². The van der Waals surface area contributed by atoms with Gasteiger partial charge in [-0.15, -0.1) is 0 Å². The van der Waals surface area contributed by atoms with Gasteiger partial charge >= 0.3 is 0 Å². The molecule has 0 aliphatic rings. The summed E-state index contributed by atoms with van der Waals surface area (Å²) >= 11 is 0. The minimum atomic E-state index is -0.565. The second kappa shape index (κ2) is 7.00. The second-order valence-corrected chi connectivity index (χ2v) is 6.31. The molecule has 0 spiro atoms. The van der Waals surface area contributed by atoms with Crippen LogP contribution in [0.3, 0.4) is 0 Å². The van der Waals surface area contributed by atoms with Gasteiger partial charge in [-0.2, -0.15) is 5.10 Å². The molecular weight excluding hydrogens is 376 g/mol. The van der Waals surface area contributed by atoms with E-state index in [-0.39, 0.29) is 16.6 Å². The molecule has 0 atom stereocenters. The number of nitro groups is 1. The van der Waals surface area contributed by atoms with Gasteiger partial charge in [0.1, 0.15) is 5.82 Å². The zero-order valence-electron chi connectivity index (χ0n) is 15.1. The highest BCUT2D eigenvalue weighted by Crippen LogP contribution is 2.24. The summed E-state index contributed by atoms with van der Waals surface area (Å²) in [6.45, 7) is 1.78. The molecule has 0 saturated heterocycles. The molecule has 2 aromatic heterocycles. The molecular formula is C19H14N6O4. The fourth-order valence-corrected chi connectivity index (χ4v) is 2.95. The minimum absolute atomic E-state index is 0.0339. The van der Waals surface area contributed by atoms with Gasteiger partial charge in [0.25, 0.3) is 11.6 Å². The summed E-state index contributed by atoms with van der Waals surface area (Å²) in [5.41, 5.74) is 0.860. The summed E-state index contributed by atoms with van der Waals surface area (Å²) in [5.74, 6) is 0.576. The van der Waals surface area contributed by atoms with Crippen molar-refractivity contribution in [3.05, 3.63) is 80.4 Å². The van der Waals surface area contributed by atoms with Gasteiger partial charge in [-0.25, -0.2) is 4.98 Å². The number of nitrogens with one attached hydrogen (secondary N) is 3. The van der Waals surface area contributed by atoms with E-state index in [1.165, 1.54) is 18.2 Å². The standard InChI is InChI=1S/C19H14N6O4/c1-10-20-18(24-23-10)11-3-2-4-12(7-11)21-19(27)15-9-17(26)22-16-6-5-13(25(28)29)8-14(15)16/h2-9H,1H3,(H,21,27)(H,22,26)(H,20,23,24). The van der Waals surface area contributed by atoms with Gasteiger partial charge in [-0.05, 0) is 25.1 Å². The van der Waals surface area contributed by atoms with Crippen molar-refractivity contribution in [1.29, 1.82) is 0 Å². The third-order valence-corrected chi connectivity index (χ3v) is 4.26. The van der Waals surface area contributed by atoms with Crippen molar-refractivity contribution in [3.8, 4) is 11.4 Å². The number of H-pyrrole nitrogens is 2. The largest absolute Gasteiger partial charge is 0.322 e. The summed E-state index contributed by atoms with van der Waals surface area (Å²) in [6.07, 6.45) is 0. The highest BCUT2D eigenvalue weighted by atomic mass is 16.6. The summed E-state index contributed by atoms with van der Waals surface area (Å²) < 4.78 is 0. The molecule has 4 aromatic rings. The maximum absolute atomic E-state index is 12.8. The molecule has 2 heterocycles. The van der Waals surface area contributed by atoms with E-state index in [1.807, 2.05) is 0 Å². The smallest absolute Gasteiger partial charge is 0.270 e. The lowest BCUT2D eigenvalue weighted by atomic mass is 10.1. The lowest BCUT2D eigenvalue weighted by Gasteiger charge is -2.09. The predicted octanol–water partition coefficient (Wildman–Crippen LogP) is 2.78. The molecule has 0 bridgehead atoms. The van der Waals surface area contributed by atoms with Gasteiger partial charge in [-0.3, -0.25) is 24.8 Å². The number of nitro benzene ring substituents is 1. The number of aryl methyl sites for hydroxylation is 1. The van der Waals surface area contributed by atoms with E-state index in [0.29, 0.717) is 28.4 Å². The molecule has 144 valence electrons. The molecule has 3 N–H and O–H groups in total. The Morgan fingerprint density at radius 3 is 2.72 bits per heavy atom. The number of nitrogens with zero attached hydrogens (tertiary/aromatic N) is 3. The van der Waals surface area contributed by atoms with Crippen molar-refractivity contribution in [1.82, 2.24) is 20.2 Å². The molecule has 0 aliphatic carbocycles. The first-order chi connectivity index (χ1) is 13.9. The highest BCUT2D eigenvalue weighted by Gasteiger charge is 2.16. The third kappa shape index (κ3) is 3.58. The predicted molar refractivity (Wildman–Crippen MR) is 106 cm³/mol. The molecule has 10 nitrogen and oxygen atoms in total. The molecule has 0 fully saturated rings. The summed E-state index contributed by atoms with van der Waals surface area (Å²) in [6, 6.07) is 11.9. The van der Waals surface area contributed by atoms with Crippen LogP contribution in [-0.2, 0) is 0 Å². The monoisotopic (exact) mass is 390 g/mol. The van der Waals surface area contributed by atoms with Crippen LogP contribution in [-0.4, -0.2) is 31.0 Å². The number of carbonyl (C=O) groups excluding carboxylic acids is 1. The van der Waals surface area contributed by atoms with Crippen LogP contribution in [0.1, 0.15) is 16.2 Å². The Morgan fingerprint density at radius 2 is 2.00 bits per heavy atom. The number of rotatable bonds is 4. The zero-order chi connectivity index (χ0) is 20.5. The van der Waals surface area contributed by atoms with E-state index in [1.54, 1.807) is 31.2 Å². The van der Waals surface area contributed by atoms with Crippen molar-refractivity contribution in [2.45, 2.75) is 6.92 Å². The zero-order valence-corrected chi connectivity index (χ0v) is 15.1. The number of hydrogen-bond donors (Lipinski definition) is 3. The van der Waals surface area contributed by atoms with Crippen LogP contribution in [0.25, 0.3) is 22.3 Å². The second-order valence-electron chi connectivity index (χ2n) is 6.31. The van der Waals surface area contributed by atoms with E-state index in [9.17, 15) is 19.7 Å². The number of hydrogen-bond acceptors (Lipinski definition) is 6. The molecule has 0 saturated carbocycles. The average molecular weight is 390 g/mol. The Morgan fingerprint density at radius 1 is 1.17 bits per heavy atom. The third-order valence-electron chi connectivity index (χ3n) is 4.26. The topological polar surface area (TPSA) is 147 Å². The van der Waals surface area contributed by atoms with Gasteiger partial charge in [0.15, 0.2) is 5.82 Å². The molecule has 10 heteroatoms. The Hall–Kier alpha value is -4.34. The van der Waals surface area contributed by atoms with Crippen molar-refractivity contribution < 1.29 is 9.72 Å². The van der Waals surface area contributed by atoms with Crippen LogP contribution >= 0.6 is 0 Å². The van der Waals surface area contributed by atoms with Gasteiger partial charge in [-0.1, -0.05) is 12.1 Å². The molecule has 1 amide bonds. The molecule has 0 radical (unpaired) electrons. The number of carbonyl (C=O) groups is 1. The lowest BCUT2D eigenvalue weighted by molar-refractivity contribution is -0.384. The number of amides is 1. The van der Waals surface area contributed by atoms with Gasteiger partial charge in [0.05, 0.1) is 10.5 Å². The fourth-order valence-electron chi connectivity index (χ4n) is 2.95. The number of anilines is 1. The highest BCUT2D eigenvalue weighted by molar-refractivity contribution is 6.12. The maximum atomic E-state index is 12.8. The first-order valence-electron chi connectivity index (χ1n) is 8.53. The fraction of sp³-hybridized carbons (Fsp3) is 0.0526. The number of aromatic amines is 2. The van der Waals surface area contributed by atoms with Crippen molar-refractivity contribution >= 4 is 28.2 Å². The minimum Gasteiger partial charge on any atom is -0.322 e. The molecule has 4 rings (SSSR count). The number of pyridine rings is 1. The van der Waals surface area contributed by atoms with E-state index in [0.717, 1.165) is 6.07 Å². The Bertz CT molecular complexity index is 1320. The summed E-state index contributed by atoms with van der Waals surface area (Å²) in [4.78, 5) is 42.1. The molecule has 29 heavy (non-hydrogen) atoms. The quantitative estimate of drug-likeness (QED) is 0.361. The van der Waals surface area contributed by atoms with Crippen molar-refractivity contribution in [2.75, 3.05) is 5.32 Å². The van der Waals surface area contributed by atoms with Crippen LogP contribution in [0.15, 0.2) is 53.3 Å². The first-order valence-corrected chi connectivity index (χ1v) is 8.53. The first kappa shape index (κ1) is 18.0. The number of non-ortho nitro benzene ring substituents is 1. The normalized spacial score (nSPS) is 10.8. The van der Waals surface area contributed by atoms with E-state index in [2.05, 4.69) is 25.5 Å². The Balaban J connectivity index is 1.72. The van der Waals surface area contributed by atoms with Crippen LogP contribution in [0.2, 0.25) is 0 Å². The van der Waals surface area contributed by atoms with Gasteiger partial charge in [0.2, 0.25) is 5.56 Å². The van der Waals surface area contributed by atoms with E-state index in [4.69, 9.17) is 0 Å². The molecule has 0 aliphatic heterocycles. The van der Waals surface area contributed by atoms with Gasteiger partial charge < -0.3 is 10.3 Å². The van der Waals surface area contributed by atoms with Crippen LogP contribution in [0.5, 0.6) is 0 Å². The average Bonchev–Trinajstić information content (AvgIpc) is 3.13. The number of aromatic nitrogens is 4. The van der Waals surface area contributed by atoms with Crippen LogP contribution in [0.4, 0.5) is 11.4 Å². The Kier molecular flexibility index (Phi) is 4.36. The number of fused-ring (bicyclic) bond motifs is 1. The Labute approximate surface area is 162 Å². The van der Waals surface area contributed by atoms with Crippen molar-refractivity contribution in [2.24, 2.45) is 0 Å². The maximum Gasteiger partial charge on any atom is 0.270 e. The molecule has 2 aromatic carbocycles. The lowest BCUT2D eigenvalue weighted by Crippen LogP contribution is -2.17.